The number of alkyl halides is 2. The molecule has 0 spiro atoms. The van der Waals surface area contributed by atoms with E-state index in [9.17, 15) is 0 Å². The third-order valence-electron chi connectivity index (χ3n) is 6.02. The van der Waals surface area contributed by atoms with Crippen molar-refractivity contribution in [1.82, 2.24) is 0 Å². The van der Waals surface area contributed by atoms with Gasteiger partial charge in [0, 0.05) is 10.7 Å². The first kappa shape index (κ1) is 28.4. The molecule has 0 aliphatic rings. The van der Waals surface area contributed by atoms with Gasteiger partial charge in [0.25, 0.3) is 0 Å². The van der Waals surface area contributed by atoms with Crippen molar-refractivity contribution < 1.29 is 28.4 Å². The number of rotatable bonds is 15. The second kappa shape index (κ2) is 14.6. The fourth-order valence-electron chi connectivity index (χ4n) is 4.30. The van der Waals surface area contributed by atoms with Gasteiger partial charge in [0.2, 0.25) is 11.5 Å². The summed E-state index contributed by atoms with van der Waals surface area (Å²) in [5, 5.41) is 1.85. The lowest BCUT2D eigenvalue weighted by molar-refractivity contribution is 0.315. The summed E-state index contributed by atoms with van der Waals surface area (Å²) in [4.78, 5) is 0. The van der Waals surface area contributed by atoms with Crippen LogP contribution in [0.15, 0.2) is 24.3 Å². The number of hydrogen-bond donors (Lipinski definition) is 0. The average molecular weight is 604 g/mol. The normalized spacial score (nSPS) is 12.6. The van der Waals surface area contributed by atoms with E-state index in [0.717, 1.165) is 47.5 Å². The predicted molar refractivity (Wildman–Crippen MR) is 143 cm³/mol. The van der Waals surface area contributed by atoms with Gasteiger partial charge in [-0.15, -0.1) is 0 Å². The topological polar surface area (TPSA) is 55.4 Å². The van der Waals surface area contributed by atoms with Gasteiger partial charge < -0.3 is 28.4 Å². The highest BCUT2D eigenvalue weighted by molar-refractivity contribution is 9.09. The summed E-state index contributed by atoms with van der Waals surface area (Å²) >= 11 is 7.39. The molecule has 6 nitrogen and oxygen atoms in total. The maximum Gasteiger partial charge on any atom is 0.203 e. The van der Waals surface area contributed by atoms with E-state index in [1.807, 2.05) is 24.3 Å². The molecule has 2 aromatic carbocycles. The number of methoxy groups -OCH3 is 6. The standard InChI is InChI=1S/C26H36Br2O6/c1-29-21-12-17(13-22(30-2)25(21)33-5)10-19(8-7-9-27)20(16-28)11-18-14-23(31-3)26(34-6)24(15-18)32-4/h12-15,19-20H,7-11,16H2,1-6H3/t19-,20+/m0/s1. The summed E-state index contributed by atoms with van der Waals surface area (Å²) in [6.07, 6.45) is 3.94. The second-order valence-corrected chi connectivity index (χ2v) is 9.42. The Hall–Kier alpha value is -1.80. The van der Waals surface area contributed by atoms with E-state index in [1.54, 1.807) is 42.7 Å². The van der Waals surface area contributed by atoms with E-state index in [2.05, 4.69) is 31.9 Å². The molecular formula is C26H36Br2O6. The fraction of sp³-hybridized carbons (Fsp3) is 0.538. The molecule has 0 radical (unpaired) electrons. The van der Waals surface area contributed by atoms with E-state index in [1.165, 1.54) is 0 Å². The van der Waals surface area contributed by atoms with Crippen molar-refractivity contribution in [3.8, 4) is 34.5 Å². The number of ether oxygens (including phenoxy) is 6. The SMILES string of the molecule is COc1cc(C[C@H](CBr)[C@@H](CCCBr)Cc2cc(OC)c(OC)c(OC)c2)cc(OC)c1OC. The Bertz CT molecular complexity index is 855. The number of benzene rings is 2. The van der Waals surface area contributed by atoms with Crippen LogP contribution in [-0.4, -0.2) is 53.3 Å². The van der Waals surface area contributed by atoms with Crippen LogP contribution in [0, 0.1) is 11.8 Å². The van der Waals surface area contributed by atoms with Crippen molar-refractivity contribution in [2.75, 3.05) is 53.3 Å². The molecule has 2 atom stereocenters. The minimum Gasteiger partial charge on any atom is -0.493 e. The van der Waals surface area contributed by atoms with Crippen LogP contribution in [0.5, 0.6) is 34.5 Å². The average Bonchev–Trinajstić information content (AvgIpc) is 2.88. The maximum atomic E-state index is 5.58. The predicted octanol–water partition coefficient (Wildman–Crippen LogP) is 6.33. The van der Waals surface area contributed by atoms with Crippen molar-refractivity contribution in [2.24, 2.45) is 11.8 Å². The zero-order chi connectivity index (χ0) is 25.1. The lowest BCUT2D eigenvalue weighted by Gasteiger charge is -2.27. The maximum absolute atomic E-state index is 5.58. The van der Waals surface area contributed by atoms with Crippen molar-refractivity contribution in [2.45, 2.75) is 25.7 Å². The van der Waals surface area contributed by atoms with Gasteiger partial charge >= 0.3 is 0 Å². The monoisotopic (exact) mass is 602 g/mol. The molecule has 0 saturated carbocycles. The summed E-state index contributed by atoms with van der Waals surface area (Å²) in [5.41, 5.74) is 2.30. The molecule has 0 aliphatic carbocycles. The smallest absolute Gasteiger partial charge is 0.203 e. The highest BCUT2D eigenvalue weighted by Gasteiger charge is 2.24. The Morgan fingerprint density at radius 2 is 0.971 bits per heavy atom. The lowest BCUT2D eigenvalue weighted by Crippen LogP contribution is -2.22. The van der Waals surface area contributed by atoms with Crippen molar-refractivity contribution in [1.29, 1.82) is 0 Å². The quantitative estimate of drug-likeness (QED) is 0.222. The van der Waals surface area contributed by atoms with Crippen LogP contribution in [-0.2, 0) is 12.8 Å². The van der Waals surface area contributed by atoms with Gasteiger partial charge in [-0.25, -0.2) is 0 Å². The Morgan fingerprint density at radius 1 is 0.588 bits per heavy atom. The molecule has 2 rings (SSSR count). The summed E-state index contributed by atoms with van der Waals surface area (Å²) in [7, 11) is 9.83. The van der Waals surface area contributed by atoms with Crippen LogP contribution in [0.1, 0.15) is 24.0 Å². The zero-order valence-corrected chi connectivity index (χ0v) is 24.1. The van der Waals surface area contributed by atoms with Crippen LogP contribution >= 0.6 is 31.9 Å². The van der Waals surface area contributed by atoms with E-state index in [0.29, 0.717) is 46.3 Å². The van der Waals surface area contributed by atoms with Crippen molar-refractivity contribution >= 4 is 31.9 Å². The third kappa shape index (κ3) is 7.11. The van der Waals surface area contributed by atoms with Crippen LogP contribution in [0.25, 0.3) is 0 Å². The zero-order valence-electron chi connectivity index (χ0n) is 20.9. The van der Waals surface area contributed by atoms with Gasteiger partial charge in [-0.2, -0.15) is 0 Å². The molecule has 8 heteroatoms. The molecule has 0 aromatic heterocycles. The molecule has 0 amide bonds. The van der Waals surface area contributed by atoms with Gasteiger partial charge in [0.05, 0.1) is 42.7 Å². The molecule has 2 aromatic rings. The molecular weight excluding hydrogens is 568 g/mol. The first-order valence-corrected chi connectivity index (χ1v) is 13.4. The van der Waals surface area contributed by atoms with Gasteiger partial charge in [-0.05, 0) is 72.9 Å². The molecule has 0 saturated heterocycles. The number of halogens is 2. The summed E-state index contributed by atoms with van der Waals surface area (Å²) < 4.78 is 33.3. The minimum absolute atomic E-state index is 0.390. The van der Waals surface area contributed by atoms with Crippen LogP contribution in [0.4, 0.5) is 0 Å². The summed E-state index contributed by atoms with van der Waals surface area (Å²) in [6, 6.07) is 8.18. The lowest BCUT2D eigenvalue weighted by atomic mass is 9.81. The molecule has 0 bridgehead atoms. The van der Waals surface area contributed by atoms with Gasteiger partial charge in [0.15, 0.2) is 23.0 Å². The van der Waals surface area contributed by atoms with E-state index >= 15 is 0 Å². The molecule has 0 aliphatic heterocycles. The molecule has 190 valence electrons. The van der Waals surface area contributed by atoms with Crippen LogP contribution < -0.4 is 28.4 Å². The summed E-state index contributed by atoms with van der Waals surface area (Å²) in [6.45, 7) is 0. The largest absolute Gasteiger partial charge is 0.493 e. The van der Waals surface area contributed by atoms with Gasteiger partial charge in [-0.1, -0.05) is 31.9 Å². The summed E-state index contributed by atoms with van der Waals surface area (Å²) in [5.74, 6) is 4.74. The number of hydrogen-bond acceptors (Lipinski definition) is 6. The molecule has 0 heterocycles. The fourth-order valence-corrected chi connectivity index (χ4v) is 5.38. The molecule has 0 N–H and O–H groups in total. The molecule has 34 heavy (non-hydrogen) atoms. The first-order valence-electron chi connectivity index (χ1n) is 11.2. The Labute approximate surface area is 220 Å². The van der Waals surface area contributed by atoms with Crippen LogP contribution in [0.2, 0.25) is 0 Å². The Balaban J connectivity index is 2.38. The first-order chi connectivity index (χ1) is 16.5. The van der Waals surface area contributed by atoms with E-state index in [-0.39, 0.29) is 0 Å². The highest BCUT2D eigenvalue weighted by Crippen LogP contribution is 2.41. The van der Waals surface area contributed by atoms with Crippen molar-refractivity contribution in [3.63, 3.8) is 0 Å². The highest BCUT2D eigenvalue weighted by atomic mass is 79.9. The van der Waals surface area contributed by atoms with Gasteiger partial charge in [-0.3, -0.25) is 0 Å². The third-order valence-corrected chi connectivity index (χ3v) is 7.41. The minimum atomic E-state index is 0.390. The molecule has 0 unspecified atom stereocenters. The Kier molecular flexibility index (Phi) is 12.2. The van der Waals surface area contributed by atoms with E-state index < -0.39 is 0 Å². The molecule has 0 fully saturated rings. The van der Waals surface area contributed by atoms with Crippen LogP contribution in [0.3, 0.4) is 0 Å². The Morgan fingerprint density at radius 3 is 1.26 bits per heavy atom. The van der Waals surface area contributed by atoms with E-state index in [4.69, 9.17) is 28.4 Å². The second-order valence-electron chi connectivity index (χ2n) is 7.98. The van der Waals surface area contributed by atoms with Crippen molar-refractivity contribution in [3.05, 3.63) is 35.4 Å². The van der Waals surface area contributed by atoms with Gasteiger partial charge in [0.1, 0.15) is 0 Å².